The number of nitrogens with zero attached hydrogens (tertiary/aromatic N) is 1. The van der Waals surface area contributed by atoms with Crippen LogP contribution in [0.3, 0.4) is 0 Å². The molecule has 1 heterocycles. The van der Waals surface area contributed by atoms with E-state index in [9.17, 15) is 4.39 Å². The second-order valence-corrected chi connectivity index (χ2v) is 4.93. The first kappa shape index (κ1) is 13.1. The normalized spacial score (nSPS) is 11.1. The van der Waals surface area contributed by atoms with E-state index in [2.05, 4.69) is 4.98 Å². The van der Waals surface area contributed by atoms with Crippen molar-refractivity contribution in [3.05, 3.63) is 54.3 Å². The molecule has 0 aliphatic carbocycles. The molecule has 0 bridgehead atoms. The Labute approximate surface area is 121 Å². The van der Waals surface area contributed by atoms with E-state index in [1.807, 2.05) is 18.2 Å². The fourth-order valence-corrected chi connectivity index (χ4v) is 2.38. The van der Waals surface area contributed by atoms with Crippen molar-refractivity contribution in [1.82, 2.24) is 4.98 Å². The third-order valence-electron chi connectivity index (χ3n) is 3.21. The number of rotatable bonds is 4. The Morgan fingerprint density at radius 2 is 1.90 bits per heavy atom. The first-order valence-corrected chi connectivity index (χ1v) is 7.01. The van der Waals surface area contributed by atoms with Crippen LogP contribution in [0.15, 0.2) is 47.0 Å². The summed E-state index contributed by atoms with van der Waals surface area (Å²) in [7, 11) is 0. The number of fused-ring (bicyclic) bond motifs is 1. The van der Waals surface area contributed by atoms with E-state index in [4.69, 9.17) is 16.0 Å². The Morgan fingerprint density at radius 3 is 2.70 bits per heavy atom. The fourth-order valence-electron chi connectivity index (χ4n) is 2.25. The molecule has 0 saturated heterocycles. The second-order valence-electron chi connectivity index (χ2n) is 4.55. The topological polar surface area (TPSA) is 26.0 Å². The van der Waals surface area contributed by atoms with Crippen molar-refractivity contribution in [1.29, 1.82) is 0 Å². The van der Waals surface area contributed by atoms with Gasteiger partial charge in [-0.3, -0.25) is 0 Å². The highest BCUT2D eigenvalue weighted by Crippen LogP contribution is 2.30. The molecule has 0 aliphatic heterocycles. The highest BCUT2D eigenvalue weighted by molar-refractivity contribution is 6.17. The van der Waals surface area contributed by atoms with Gasteiger partial charge < -0.3 is 4.42 Å². The average molecular weight is 290 g/mol. The minimum Gasteiger partial charge on any atom is -0.441 e. The summed E-state index contributed by atoms with van der Waals surface area (Å²) >= 11 is 5.66. The second kappa shape index (κ2) is 5.63. The molecule has 0 atom stereocenters. The van der Waals surface area contributed by atoms with E-state index >= 15 is 0 Å². The third kappa shape index (κ3) is 2.41. The van der Waals surface area contributed by atoms with Crippen molar-refractivity contribution < 1.29 is 8.81 Å². The number of aromatic nitrogens is 1. The van der Waals surface area contributed by atoms with Crippen LogP contribution >= 0.6 is 11.6 Å². The molecular formula is C16H13ClFNO. The summed E-state index contributed by atoms with van der Waals surface area (Å²) in [6, 6.07) is 10.5. The lowest BCUT2D eigenvalue weighted by molar-refractivity contribution is 0.504. The number of benzene rings is 2. The zero-order valence-corrected chi connectivity index (χ0v) is 11.5. The molecule has 0 amide bonds. The van der Waals surface area contributed by atoms with Gasteiger partial charge in [-0.2, -0.15) is 0 Å². The molecule has 0 fully saturated rings. The van der Waals surface area contributed by atoms with Gasteiger partial charge >= 0.3 is 0 Å². The molecule has 1 aromatic heterocycles. The smallest absolute Gasteiger partial charge is 0.194 e. The standard InChI is InChI=1S/C16H13ClFNO/c17-9-3-6-16-19-10-15(20-16)13-7-8-14(18)12-5-2-1-4-11(12)13/h1-2,4-5,7-8,10H,3,6,9H2. The van der Waals surface area contributed by atoms with Crippen molar-refractivity contribution in [3.63, 3.8) is 0 Å². The summed E-state index contributed by atoms with van der Waals surface area (Å²) in [6.45, 7) is 0. The molecule has 2 nitrogen and oxygen atoms in total. The van der Waals surface area contributed by atoms with Gasteiger partial charge in [-0.15, -0.1) is 11.6 Å². The van der Waals surface area contributed by atoms with Gasteiger partial charge in [-0.05, 0) is 23.9 Å². The van der Waals surface area contributed by atoms with Crippen LogP contribution < -0.4 is 0 Å². The Bertz CT molecular complexity index is 738. The van der Waals surface area contributed by atoms with Gasteiger partial charge in [0.1, 0.15) is 5.82 Å². The summed E-state index contributed by atoms with van der Waals surface area (Å²) in [5.41, 5.74) is 0.853. The molecule has 0 aliphatic rings. The van der Waals surface area contributed by atoms with Gasteiger partial charge in [0, 0.05) is 23.3 Å². The molecule has 0 N–H and O–H groups in total. The van der Waals surface area contributed by atoms with Crippen LogP contribution in [0.4, 0.5) is 4.39 Å². The third-order valence-corrected chi connectivity index (χ3v) is 3.48. The van der Waals surface area contributed by atoms with E-state index < -0.39 is 0 Å². The van der Waals surface area contributed by atoms with Crippen molar-refractivity contribution in [2.24, 2.45) is 0 Å². The van der Waals surface area contributed by atoms with Crippen LogP contribution in [0, 0.1) is 5.82 Å². The molecule has 4 heteroatoms. The van der Waals surface area contributed by atoms with Crippen LogP contribution in [-0.2, 0) is 6.42 Å². The molecule has 0 spiro atoms. The predicted octanol–water partition coefficient (Wildman–Crippen LogP) is 4.81. The van der Waals surface area contributed by atoms with Crippen molar-refractivity contribution >= 4 is 22.4 Å². The largest absolute Gasteiger partial charge is 0.441 e. The fraction of sp³-hybridized carbons (Fsp3) is 0.188. The molecule has 102 valence electrons. The summed E-state index contributed by atoms with van der Waals surface area (Å²) in [6.07, 6.45) is 3.22. The average Bonchev–Trinajstić information content (AvgIpc) is 2.94. The maximum absolute atomic E-state index is 13.8. The molecule has 3 aromatic rings. The summed E-state index contributed by atoms with van der Waals surface area (Å²) in [4.78, 5) is 4.24. The van der Waals surface area contributed by atoms with E-state index in [1.54, 1.807) is 18.3 Å². The van der Waals surface area contributed by atoms with Gasteiger partial charge in [0.25, 0.3) is 0 Å². The first-order valence-electron chi connectivity index (χ1n) is 6.48. The number of hydrogen-bond donors (Lipinski definition) is 0. The number of alkyl halides is 1. The SMILES string of the molecule is Fc1ccc(-c2cnc(CCCCl)o2)c2ccccc12. The molecule has 0 saturated carbocycles. The van der Waals surface area contributed by atoms with Crippen LogP contribution in [0.1, 0.15) is 12.3 Å². The highest BCUT2D eigenvalue weighted by Gasteiger charge is 2.11. The summed E-state index contributed by atoms with van der Waals surface area (Å²) in [5, 5.41) is 1.41. The molecular weight excluding hydrogens is 277 g/mol. The van der Waals surface area contributed by atoms with Crippen molar-refractivity contribution in [3.8, 4) is 11.3 Å². The number of hydrogen-bond acceptors (Lipinski definition) is 2. The van der Waals surface area contributed by atoms with Crippen molar-refractivity contribution in [2.45, 2.75) is 12.8 Å². The lowest BCUT2D eigenvalue weighted by Crippen LogP contribution is -1.85. The van der Waals surface area contributed by atoms with E-state index in [-0.39, 0.29) is 5.82 Å². The lowest BCUT2D eigenvalue weighted by Gasteiger charge is -2.04. The van der Waals surface area contributed by atoms with Gasteiger partial charge in [0.2, 0.25) is 0 Å². The van der Waals surface area contributed by atoms with Crippen LogP contribution in [0.2, 0.25) is 0 Å². The Morgan fingerprint density at radius 1 is 1.10 bits per heavy atom. The minimum absolute atomic E-state index is 0.230. The van der Waals surface area contributed by atoms with Gasteiger partial charge in [0.15, 0.2) is 11.7 Å². The number of oxazole rings is 1. The molecule has 3 rings (SSSR count). The summed E-state index contributed by atoms with van der Waals surface area (Å²) in [5.74, 6) is 1.67. The van der Waals surface area contributed by atoms with Gasteiger partial charge in [-0.1, -0.05) is 24.3 Å². The first-order chi connectivity index (χ1) is 9.79. The Kier molecular flexibility index (Phi) is 3.70. The summed E-state index contributed by atoms with van der Waals surface area (Å²) < 4.78 is 19.5. The number of halogens is 2. The quantitative estimate of drug-likeness (QED) is 0.645. The highest BCUT2D eigenvalue weighted by atomic mass is 35.5. The molecule has 20 heavy (non-hydrogen) atoms. The minimum atomic E-state index is -0.230. The van der Waals surface area contributed by atoms with Crippen molar-refractivity contribution in [2.75, 3.05) is 5.88 Å². The van der Waals surface area contributed by atoms with E-state index in [1.165, 1.54) is 6.07 Å². The lowest BCUT2D eigenvalue weighted by atomic mass is 10.0. The van der Waals surface area contributed by atoms with Gasteiger partial charge in [0.05, 0.1) is 6.20 Å². The zero-order valence-electron chi connectivity index (χ0n) is 10.8. The van der Waals surface area contributed by atoms with E-state index in [0.29, 0.717) is 29.3 Å². The van der Waals surface area contributed by atoms with E-state index in [0.717, 1.165) is 17.4 Å². The molecule has 2 aromatic carbocycles. The molecule has 0 unspecified atom stereocenters. The number of aryl methyl sites for hydroxylation is 1. The monoisotopic (exact) mass is 289 g/mol. The van der Waals surface area contributed by atoms with Gasteiger partial charge in [-0.25, -0.2) is 9.37 Å². The maximum atomic E-state index is 13.8. The Hall–Kier alpha value is -1.87. The van der Waals surface area contributed by atoms with Crippen LogP contribution in [0.5, 0.6) is 0 Å². The Balaban J connectivity index is 2.06. The predicted molar refractivity (Wildman–Crippen MR) is 78.4 cm³/mol. The van der Waals surface area contributed by atoms with Crippen LogP contribution in [-0.4, -0.2) is 10.9 Å². The zero-order chi connectivity index (χ0) is 13.9. The maximum Gasteiger partial charge on any atom is 0.194 e. The van der Waals surface area contributed by atoms with Crippen LogP contribution in [0.25, 0.3) is 22.1 Å². The molecule has 0 radical (unpaired) electrons.